The third-order valence-corrected chi connectivity index (χ3v) is 4.66. The molecular formula is C23H20N4O. The van der Waals surface area contributed by atoms with E-state index >= 15 is 0 Å². The van der Waals surface area contributed by atoms with E-state index < -0.39 is 0 Å². The number of aromatic nitrogens is 2. The average molecular weight is 368 g/mol. The van der Waals surface area contributed by atoms with Gasteiger partial charge >= 0.3 is 0 Å². The van der Waals surface area contributed by atoms with Crippen LogP contribution in [-0.4, -0.2) is 16.1 Å². The van der Waals surface area contributed by atoms with Crippen LogP contribution in [0.15, 0.2) is 66.7 Å². The van der Waals surface area contributed by atoms with Gasteiger partial charge in [0.15, 0.2) is 0 Å². The van der Waals surface area contributed by atoms with Crippen LogP contribution in [0.2, 0.25) is 0 Å². The molecule has 0 radical (unpaired) electrons. The van der Waals surface area contributed by atoms with Crippen molar-refractivity contribution in [2.45, 2.75) is 6.92 Å². The molecule has 4 N–H and O–H groups in total. The van der Waals surface area contributed by atoms with Crippen molar-refractivity contribution in [2.24, 2.45) is 0 Å². The first-order valence-corrected chi connectivity index (χ1v) is 8.99. The number of nitrogens with two attached hydrogens (primary N) is 1. The highest BCUT2D eigenvalue weighted by atomic mass is 16.1. The zero-order chi connectivity index (χ0) is 19.5. The van der Waals surface area contributed by atoms with Gasteiger partial charge in [-0.15, -0.1) is 0 Å². The van der Waals surface area contributed by atoms with E-state index in [4.69, 9.17) is 5.73 Å². The second kappa shape index (κ2) is 7.40. The van der Waals surface area contributed by atoms with Gasteiger partial charge in [0.25, 0.3) is 5.91 Å². The third kappa shape index (κ3) is 3.50. The van der Waals surface area contributed by atoms with Gasteiger partial charge < -0.3 is 11.1 Å². The van der Waals surface area contributed by atoms with Crippen molar-refractivity contribution in [3.8, 4) is 0 Å². The number of nitrogen functional groups attached to an aromatic ring is 1. The Bertz CT molecular complexity index is 1190. The lowest BCUT2D eigenvalue weighted by Crippen LogP contribution is -2.13. The molecule has 0 saturated carbocycles. The summed E-state index contributed by atoms with van der Waals surface area (Å²) in [5.74, 6) is -0.172. The first-order chi connectivity index (χ1) is 13.6. The predicted octanol–water partition coefficient (Wildman–Crippen LogP) is 4.88. The number of benzene rings is 3. The smallest absolute Gasteiger partial charge is 0.255 e. The van der Waals surface area contributed by atoms with Crippen LogP contribution in [0.1, 0.15) is 27.2 Å². The van der Waals surface area contributed by atoms with Crippen molar-refractivity contribution in [1.29, 1.82) is 0 Å². The molecule has 1 amide bonds. The first-order valence-electron chi connectivity index (χ1n) is 8.99. The van der Waals surface area contributed by atoms with Gasteiger partial charge in [0.05, 0.1) is 11.2 Å². The topological polar surface area (TPSA) is 83.8 Å². The Morgan fingerprint density at radius 3 is 2.68 bits per heavy atom. The standard InChI is InChI=1S/C23H20N4O/c1-15-14-17(10-12-19(15)24)23(28)25-20-8-4-2-6-16(20)11-13-22-18-7-3-5-9-21(18)26-27-22/h2-14H,24H2,1H3,(H,25,28)(H,26,27). The summed E-state index contributed by atoms with van der Waals surface area (Å²) in [6.45, 7) is 1.89. The quantitative estimate of drug-likeness (QED) is 0.449. The number of aryl methyl sites for hydroxylation is 1. The Morgan fingerprint density at radius 1 is 1.04 bits per heavy atom. The molecule has 4 rings (SSSR count). The van der Waals surface area contributed by atoms with Gasteiger partial charge in [0.2, 0.25) is 0 Å². The highest BCUT2D eigenvalue weighted by Gasteiger charge is 2.09. The summed E-state index contributed by atoms with van der Waals surface area (Å²) in [5, 5.41) is 11.4. The van der Waals surface area contributed by atoms with E-state index in [1.165, 1.54) is 0 Å². The molecule has 0 aliphatic rings. The zero-order valence-corrected chi connectivity index (χ0v) is 15.4. The summed E-state index contributed by atoms with van der Waals surface area (Å²) >= 11 is 0. The number of para-hydroxylation sites is 2. The molecule has 5 heteroatoms. The Balaban J connectivity index is 1.60. The van der Waals surface area contributed by atoms with Gasteiger partial charge in [-0.1, -0.05) is 42.5 Å². The number of fused-ring (bicyclic) bond motifs is 1. The molecule has 5 nitrogen and oxygen atoms in total. The predicted molar refractivity (Wildman–Crippen MR) is 115 cm³/mol. The number of hydrogen-bond acceptors (Lipinski definition) is 3. The minimum absolute atomic E-state index is 0.172. The molecule has 4 aromatic rings. The fourth-order valence-electron chi connectivity index (χ4n) is 3.05. The third-order valence-electron chi connectivity index (χ3n) is 4.66. The van der Waals surface area contributed by atoms with Crippen molar-refractivity contribution in [3.05, 3.63) is 89.1 Å². The van der Waals surface area contributed by atoms with Crippen LogP contribution < -0.4 is 11.1 Å². The molecule has 1 aromatic heterocycles. The minimum Gasteiger partial charge on any atom is -0.399 e. The van der Waals surface area contributed by atoms with Gasteiger partial charge in [-0.3, -0.25) is 9.89 Å². The lowest BCUT2D eigenvalue weighted by atomic mass is 10.1. The minimum atomic E-state index is -0.172. The largest absolute Gasteiger partial charge is 0.399 e. The number of H-pyrrole nitrogens is 1. The number of aromatic amines is 1. The molecule has 0 atom stereocenters. The van der Waals surface area contributed by atoms with Gasteiger partial charge in [-0.05, 0) is 54.5 Å². The number of anilines is 2. The number of carbonyl (C=O) groups excluding carboxylic acids is 1. The van der Waals surface area contributed by atoms with Gasteiger partial charge in [-0.2, -0.15) is 5.10 Å². The van der Waals surface area contributed by atoms with E-state index in [1.807, 2.05) is 67.6 Å². The number of rotatable bonds is 4. The highest BCUT2D eigenvalue weighted by Crippen LogP contribution is 2.22. The Labute approximate surface area is 162 Å². The number of hydrogen-bond donors (Lipinski definition) is 3. The van der Waals surface area contributed by atoms with Gasteiger partial charge in [0, 0.05) is 22.3 Å². The van der Waals surface area contributed by atoms with E-state index in [0.717, 1.165) is 33.4 Å². The Kier molecular flexibility index (Phi) is 4.64. The maximum atomic E-state index is 12.6. The summed E-state index contributed by atoms with van der Waals surface area (Å²) < 4.78 is 0. The normalized spacial score (nSPS) is 11.2. The molecule has 0 bridgehead atoms. The second-order valence-electron chi connectivity index (χ2n) is 6.60. The molecule has 138 valence electrons. The number of nitrogens with one attached hydrogen (secondary N) is 2. The lowest BCUT2D eigenvalue weighted by Gasteiger charge is -2.09. The van der Waals surface area contributed by atoms with E-state index in [1.54, 1.807) is 18.2 Å². The van der Waals surface area contributed by atoms with Crippen LogP contribution in [0.25, 0.3) is 23.1 Å². The molecule has 0 saturated heterocycles. The van der Waals surface area contributed by atoms with Crippen LogP contribution in [0.4, 0.5) is 11.4 Å². The van der Waals surface area contributed by atoms with Crippen LogP contribution in [0.3, 0.4) is 0 Å². The fourth-order valence-corrected chi connectivity index (χ4v) is 3.05. The number of amides is 1. The first kappa shape index (κ1) is 17.5. The number of nitrogens with zero attached hydrogens (tertiary/aromatic N) is 1. The summed E-state index contributed by atoms with van der Waals surface area (Å²) in [6.07, 6.45) is 3.89. The molecule has 28 heavy (non-hydrogen) atoms. The number of carbonyl (C=O) groups is 1. The van der Waals surface area contributed by atoms with Crippen LogP contribution >= 0.6 is 0 Å². The van der Waals surface area contributed by atoms with Crippen molar-refractivity contribution in [1.82, 2.24) is 10.2 Å². The molecule has 0 aliphatic heterocycles. The van der Waals surface area contributed by atoms with E-state index in [9.17, 15) is 4.79 Å². The zero-order valence-electron chi connectivity index (χ0n) is 15.4. The molecule has 1 heterocycles. The van der Waals surface area contributed by atoms with E-state index in [0.29, 0.717) is 11.3 Å². The molecule has 0 aliphatic carbocycles. The summed E-state index contributed by atoms with van der Waals surface area (Å²) in [7, 11) is 0. The maximum absolute atomic E-state index is 12.6. The van der Waals surface area contributed by atoms with Crippen molar-refractivity contribution in [3.63, 3.8) is 0 Å². The van der Waals surface area contributed by atoms with Gasteiger partial charge in [0.1, 0.15) is 0 Å². The Hall–Kier alpha value is -3.86. The molecular weight excluding hydrogens is 348 g/mol. The molecule has 0 unspecified atom stereocenters. The summed E-state index contributed by atoms with van der Waals surface area (Å²) in [4.78, 5) is 12.6. The maximum Gasteiger partial charge on any atom is 0.255 e. The average Bonchev–Trinajstić information content (AvgIpc) is 3.12. The monoisotopic (exact) mass is 368 g/mol. The van der Waals surface area contributed by atoms with Crippen molar-refractivity contribution >= 4 is 40.3 Å². The molecule has 3 aromatic carbocycles. The van der Waals surface area contributed by atoms with E-state index in [-0.39, 0.29) is 5.91 Å². The Morgan fingerprint density at radius 2 is 1.82 bits per heavy atom. The SMILES string of the molecule is Cc1cc(C(=O)Nc2ccccc2C=Cc2n[nH]c3ccccc23)ccc1N. The molecule has 0 spiro atoms. The van der Waals surface area contributed by atoms with Crippen LogP contribution in [0.5, 0.6) is 0 Å². The van der Waals surface area contributed by atoms with Crippen molar-refractivity contribution < 1.29 is 4.79 Å². The highest BCUT2D eigenvalue weighted by molar-refractivity contribution is 6.06. The lowest BCUT2D eigenvalue weighted by molar-refractivity contribution is 0.102. The van der Waals surface area contributed by atoms with Gasteiger partial charge in [-0.25, -0.2) is 0 Å². The fraction of sp³-hybridized carbons (Fsp3) is 0.0435. The van der Waals surface area contributed by atoms with Crippen LogP contribution in [-0.2, 0) is 0 Å². The van der Waals surface area contributed by atoms with Crippen molar-refractivity contribution in [2.75, 3.05) is 11.1 Å². The summed E-state index contributed by atoms with van der Waals surface area (Å²) in [6, 6.07) is 20.9. The molecule has 0 fully saturated rings. The van der Waals surface area contributed by atoms with E-state index in [2.05, 4.69) is 15.5 Å². The summed E-state index contributed by atoms with van der Waals surface area (Å²) in [5.41, 5.74) is 11.4. The second-order valence-corrected chi connectivity index (χ2v) is 6.60. The van der Waals surface area contributed by atoms with Crippen LogP contribution in [0, 0.1) is 6.92 Å².